The maximum Gasteiger partial charge on any atom is 0.290 e. The van der Waals surface area contributed by atoms with Crippen molar-refractivity contribution in [3.05, 3.63) is 35.4 Å². The minimum absolute atomic E-state index is 0.274. The summed E-state index contributed by atoms with van der Waals surface area (Å²) in [5.74, 6) is -5.23. The number of nitrogens with zero attached hydrogens (tertiary/aromatic N) is 1. The number of aliphatic hydroxyl groups is 1. The molecule has 0 aliphatic carbocycles. The largest absolute Gasteiger partial charge is 0.390 e. The van der Waals surface area contributed by atoms with Crippen molar-refractivity contribution >= 4 is 0 Å². The summed E-state index contributed by atoms with van der Waals surface area (Å²) in [6, 6.07) is 0.800. The van der Waals surface area contributed by atoms with Gasteiger partial charge in [-0.05, 0) is 18.2 Å². The first-order chi connectivity index (χ1) is 9.45. The minimum atomic E-state index is -3.55. The molecule has 2 N–H and O–H groups in total. The first-order valence-electron chi connectivity index (χ1n) is 6.34. The lowest BCUT2D eigenvalue weighted by Crippen LogP contribution is -2.51. The Morgan fingerprint density at radius 2 is 1.90 bits per heavy atom. The quantitative estimate of drug-likeness (QED) is 0.826. The van der Waals surface area contributed by atoms with E-state index in [4.69, 9.17) is 5.11 Å². The van der Waals surface area contributed by atoms with Crippen molar-refractivity contribution in [2.45, 2.75) is 12.0 Å². The highest BCUT2D eigenvalue weighted by Gasteiger charge is 2.45. The predicted molar refractivity (Wildman–Crippen MR) is 65.6 cm³/mol. The van der Waals surface area contributed by atoms with E-state index in [0.29, 0.717) is 13.1 Å². The van der Waals surface area contributed by atoms with E-state index in [-0.39, 0.29) is 13.1 Å². The molecule has 1 atom stereocenters. The molecule has 1 aliphatic heterocycles. The van der Waals surface area contributed by atoms with E-state index in [9.17, 15) is 17.6 Å². The molecule has 1 aromatic carbocycles. The molecule has 0 saturated carbocycles. The Labute approximate surface area is 114 Å². The summed E-state index contributed by atoms with van der Waals surface area (Å²) in [5.41, 5.74) is -0.425. The zero-order valence-electron chi connectivity index (χ0n) is 10.8. The van der Waals surface area contributed by atoms with Gasteiger partial charge in [-0.1, -0.05) is 0 Å². The average molecular weight is 292 g/mol. The van der Waals surface area contributed by atoms with Gasteiger partial charge in [0.05, 0.1) is 0 Å². The van der Waals surface area contributed by atoms with E-state index in [1.165, 1.54) is 4.90 Å². The van der Waals surface area contributed by atoms with Gasteiger partial charge in [0.25, 0.3) is 5.92 Å². The number of benzene rings is 1. The predicted octanol–water partition coefficient (Wildman–Crippen LogP) is 1.54. The van der Waals surface area contributed by atoms with E-state index >= 15 is 0 Å². The van der Waals surface area contributed by atoms with Gasteiger partial charge in [0.1, 0.15) is 24.3 Å². The normalized spacial score (nSPS) is 19.1. The smallest absolute Gasteiger partial charge is 0.290 e. The molecule has 0 spiro atoms. The van der Waals surface area contributed by atoms with Crippen LogP contribution in [0.5, 0.6) is 0 Å². The number of piperazine rings is 1. The number of aliphatic hydroxyl groups excluding tert-OH is 1. The van der Waals surface area contributed by atoms with Gasteiger partial charge in [0, 0.05) is 31.7 Å². The van der Waals surface area contributed by atoms with Crippen LogP contribution in [-0.2, 0) is 0 Å². The molecule has 112 valence electrons. The first-order valence-corrected chi connectivity index (χ1v) is 6.34. The summed E-state index contributed by atoms with van der Waals surface area (Å²) in [5, 5.41) is 11.9. The molecule has 0 bridgehead atoms. The Morgan fingerprint density at radius 3 is 2.50 bits per heavy atom. The molecular weight excluding hydrogens is 276 g/mol. The van der Waals surface area contributed by atoms with Crippen molar-refractivity contribution in [1.29, 1.82) is 0 Å². The average Bonchev–Trinajstić information content (AvgIpc) is 2.44. The van der Waals surface area contributed by atoms with E-state index in [2.05, 4.69) is 5.32 Å². The molecule has 2 rings (SSSR count). The summed E-state index contributed by atoms with van der Waals surface area (Å²) in [6.07, 6.45) is 0. The Kier molecular flexibility index (Phi) is 4.62. The fourth-order valence-electron chi connectivity index (χ4n) is 2.44. The van der Waals surface area contributed by atoms with Crippen LogP contribution in [0.4, 0.5) is 17.6 Å². The lowest BCUT2D eigenvalue weighted by Gasteiger charge is -2.38. The van der Waals surface area contributed by atoms with E-state index < -0.39 is 35.8 Å². The van der Waals surface area contributed by atoms with Crippen LogP contribution in [0, 0.1) is 11.6 Å². The van der Waals surface area contributed by atoms with Gasteiger partial charge in [-0.15, -0.1) is 0 Å². The summed E-state index contributed by atoms with van der Waals surface area (Å²) in [6.45, 7) is 0.0911. The van der Waals surface area contributed by atoms with Crippen molar-refractivity contribution < 1.29 is 22.7 Å². The second kappa shape index (κ2) is 6.07. The van der Waals surface area contributed by atoms with E-state index in [0.717, 1.165) is 18.2 Å². The molecule has 1 aromatic rings. The van der Waals surface area contributed by atoms with Crippen molar-refractivity contribution in [3.8, 4) is 0 Å². The number of hydrogen-bond donors (Lipinski definition) is 2. The zero-order valence-corrected chi connectivity index (χ0v) is 10.8. The molecule has 0 aromatic heterocycles. The lowest BCUT2D eigenvalue weighted by atomic mass is 9.97. The van der Waals surface area contributed by atoms with Gasteiger partial charge >= 0.3 is 0 Å². The zero-order chi connectivity index (χ0) is 14.8. The lowest BCUT2D eigenvalue weighted by molar-refractivity contribution is -0.119. The van der Waals surface area contributed by atoms with Crippen molar-refractivity contribution in [2.24, 2.45) is 0 Å². The van der Waals surface area contributed by atoms with Crippen LogP contribution >= 0.6 is 0 Å². The van der Waals surface area contributed by atoms with Gasteiger partial charge < -0.3 is 10.4 Å². The maximum absolute atomic E-state index is 14.0. The molecule has 1 heterocycles. The monoisotopic (exact) mass is 292 g/mol. The van der Waals surface area contributed by atoms with Crippen LogP contribution < -0.4 is 5.32 Å². The van der Waals surface area contributed by atoms with Crippen LogP contribution in [0.1, 0.15) is 11.6 Å². The Hall–Kier alpha value is -1.18. The molecule has 0 unspecified atom stereocenters. The fourth-order valence-corrected chi connectivity index (χ4v) is 2.44. The number of hydrogen-bond acceptors (Lipinski definition) is 3. The number of alkyl halides is 2. The molecule has 0 amide bonds. The standard InChI is InChI=1S/C13H16F4N2O/c14-9-1-2-11(15)10(7-9)12(13(16,17)8-20)19-5-3-18-4-6-19/h1-2,7,12,18,20H,3-6,8H2/t12-/m1/s1. The SMILES string of the molecule is OCC(F)(F)[C@@H](c1cc(F)ccc1F)N1CCNCC1. The summed E-state index contributed by atoms with van der Waals surface area (Å²) >= 11 is 0. The third kappa shape index (κ3) is 3.11. The van der Waals surface area contributed by atoms with Crippen LogP contribution in [-0.4, -0.2) is 48.7 Å². The number of nitrogens with one attached hydrogen (secondary N) is 1. The fraction of sp³-hybridized carbons (Fsp3) is 0.538. The Balaban J connectivity index is 2.42. The number of halogens is 4. The van der Waals surface area contributed by atoms with Crippen LogP contribution in [0.2, 0.25) is 0 Å². The highest BCUT2D eigenvalue weighted by Crippen LogP contribution is 2.37. The molecule has 7 heteroatoms. The van der Waals surface area contributed by atoms with Gasteiger partial charge in [-0.2, -0.15) is 0 Å². The molecule has 3 nitrogen and oxygen atoms in total. The van der Waals surface area contributed by atoms with Gasteiger partial charge in [0.2, 0.25) is 0 Å². The molecule has 1 fully saturated rings. The Bertz CT molecular complexity index is 464. The maximum atomic E-state index is 14.0. The second-order valence-electron chi connectivity index (χ2n) is 4.77. The highest BCUT2D eigenvalue weighted by atomic mass is 19.3. The molecule has 1 aliphatic rings. The van der Waals surface area contributed by atoms with Gasteiger partial charge in [0.15, 0.2) is 0 Å². The topological polar surface area (TPSA) is 35.5 Å². The van der Waals surface area contributed by atoms with E-state index in [1.54, 1.807) is 0 Å². The van der Waals surface area contributed by atoms with E-state index in [1.807, 2.05) is 0 Å². The highest BCUT2D eigenvalue weighted by molar-refractivity contribution is 5.25. The van der Waals surface area contributed by atoms with Gasteiger partial charge in [-0.25, -0.2) is 17.6 Å². The van der Waals surface area contributed by atoms with Crippen molar-refractivity contribution in [3.63, 3.8) is 0 Å². The third-order valence-electron chi connectivity index (χ3n) is 3.38. The van der Waals surface area contributed by atoms with Crippen LogP contribution in [0.15, 0.2) is 18.2 Å². The summed E-state index contributed by atoms with van der Waals surface area (Å²) in [7, 11) is 0. The van der Waals surface area contributed by atoms with Crippen molar-refractivity contribution in [1.82, 2.24) is 10.2 Å². The molecule has 1 saturated heterocycles. The third-order valence-corrected chi connectivity index (χ3v) is 3.38. The van der Waals surface area contributed by atoms with Crippen molar-refractivity contribution in [2.75, 3.05) is 32.8 Å². The first kappa shape index (κ1) is 15.2. The minimum Gasteiger partial charge on any atom is -0.390 e. The number of rotatable bonds is 4. The molecular formula is C13H16F4N2O. The molecule has 20 heavy (non-hydrogen) atoms. The van der Waals surface area contributed by atoms with Crippen LogP contribution in [0.25, 0.3) is 0 Å². The van der Waals surface area contributed by atoms with Crippen LogP contribution in [0.3, 0.4) is 0 Å². The Morgan fingerprint density at radius 1 is 1.25 bits per heavy atom. The summed E-state index contributed by atoms with van der Waals surface area (Å²) < 4.78 is 55.1. The second-order valence-corrected chi connectivity index (χ2v) is 4.77. The van der Waals surface area contributed by atoms with Gasteiger partial charge in [-0.3, -0.25) is 4.90 Å². The summed E-state index contributed by atoms with van der Waals surface area (Å²) in [4.78, 5) is 1.37. The molecule has 0 radical (unpaired) electrons.